The van der Waals surface area contributed by atoms with Crippen molar-refractivity contribution in [2.24, 2.45) is 5.92 Å². The molecular formula is C25H20O2. The normalized spacial score (nSPS) is 18.7. The molecule has 2 atom stereocenters. The van der Waals surface area contributed by atoms with Crippen LogP contribution in [-0.2, 0) is 0 Å². The summed E-state index contributed by atoms with van der Waals surface area (Å²) in [5.41, 5.74) is 2.99. The molecule has 0 amide bonds. The van der Waals surface area contributed by atoms with E-state index in [1.807, 2.05) is 97.1 Å². The highest BCUT2D eigenvalue weighted by Crippen LogP contribution is 2.42. The maximum atomic E-state index is 13.4. The molecule has 3 aromatic carbocycles. The van der Waals surface area contributed by atoms with Crippen molar-refractivity contribution in [2.75, 3.05) is 0 Å². The number of benzene rings is 3. The summed E-state index contributed by atoms with van der Waals surface area (Å²) in [4.78, 5) is 26.5. The number of carbonyl (C=O) groups is 2. The lowest BCUT2D eigenvalue weighted by Crippen LogP contribution is -2.24. The number of Topliss-reactive ketones (excluding diaryl/α,β-unsaturated/α-hetero) is 2. The summed E-state index contributed by atoms with van der Waals surface area (Å²) in [5.74, 6) is -0.509. The summed E-state index contributed by atoms with van der Waals surface area (Å²) >= 11 is 0. The van der Waals surface area contributed by atoms with Crippen LogP contribution in [-0.4, -0.2) is 11.6 Å². The summed E-state index contributed by atoms with van der Waals surface area (Å²) in [7, 11) is 0. The van der Waals surface area contributed by atoms with E-state index in [9.17, 15) is 9.59 Å². The lowest BCUT2D eigenvalue weighted by Gasteiger charge is -2.22. The van der Waals surface area contributed by atoms with Gasteiger partial charge < -0.3 is 0 Å². The van der Waals surface area contributed by atoms with Gasteiger partial charge in [-0.1, -0.05) is 97.1 Å². The average molecular weight is 352 g/mol. The average Bonchev–Trinajstić information content (AvgIpc) is 3.19. The van der Waals surface area contributed by atoms with E-state index in [-0.39, 0.29) is 17.5 Å². The predicted octanol–water partition coefficient (Wildman–Crippen LogP) is 5.48. The summed E-state index contributed by atoms with van der Waals surface area (Å²) in [5, 5.41) is 0. The van der Waals surface area contributed by atoms with Crippen molar-refractivity contribution in [2.45, 2.75) is 12.3 Å². The molecule has 0 bridgehead atoms. The first-order valence-corrected chi connectivity index (χ1v) is 9.19. The van der Waals surface area contributed by atoms with Gasteiger partial charge in [0, 0.05) is 22.6 Å². The van der Waals surface area contributed by atoms with Gasteiger partial charge in [-0.25, -0.2) is 0 Å². The van der Waals surface area contributed by atoms with Gasteiger partial charge in [-0.3, -0.25) is 9.59 Å². The third-order valence-electron chi connectivity index (χ3n) is 5.20. The fourth-order valence-corrected chi connectivity index (χ4v) is 3.86. The minimum atomic E-state index is -0.456. The van der Waals surface area contributed by atoms with Gasteiger partial charge in [0.2, 0.25) is 0 Å². The lowest BCUT2D eigenvalue weighted by molar-refractivity contribution is 0.0899. The number of hydrogen-bond acceptors (Lipinski definition) is 2. The van der Waals surface area contributed by atoms with E-state index in [2.05, 4.69) is 0 Å². The quantitative estimate of drug-likeness (QED) is 0.570. The van der Waals surface area contributed by atoms with Crippen molar-refractivity contribution in [1.29, 1.82) is 0 Å². The van der Waals surface area contributed by atoms with Crippen LogP contribution < -0.4 is 0 Å². The molecule has 0 saturated carbocycles. The molecule has 0 radical (unpaired) electrons. The second-order valence-electron chi connectivity index (χ2n) is 6.82. The summed E-state index contributed by atoms with van der Waals surface area (Å²) < 4.78 is 0. The van der Waals surface area contributed by atoms with Crippen molar-refractivity contribution in [3.63, 3.8) is 0 Å². The van der Waals surface area contributed by atoms with E-state index < -0.39 is 5.92 Å². The van der Waals surface area contributed by atoms with Gasteiger partial charge in [-0.05, 0) is 12.0 Å². The third-order valence-corrected chi connectivity index (χ3v) is 5.20. The van der Waals surface area contributed by atoms with Gasteiger partial charge in [0.15, 0.2) is 11.6 Å². The largest absolute Gasteiger partial charge is 0.293 e. The zero-order valence-electron chi connectivity index (χ0n) is 14.9. The monoisotopic (exact) mass is 352 g/mol. The SMILES string of the molecule is O=C(C1=CC[C@H](c2ccccc2)[C@H]1C(=O)c1ccccc1)c1ccccc1. The summed E-state index contributed by atoms with van der Waals surface area (Å²) in [6.07, 6.45) is 2.65. The van der Waals surface area contributed by atoms with Gasteiger partial charge in [-0.2, -0.15) is 0 Å². The molecule has 0 saturated heterocycles. The molecule has 0 fully saturated rings. The first-order valence-electron chi connectivity index (χ1n) is 9.19. The minimum Gasteiger partial charge on any atom is -0.293 e. The zero-order valence-corrected chi connectivity index (χ0v) is 14.9. The molecule has 2 heteroatoms. The summed E-state index contributed by atoms with van der Waals surface area (Å²) in [6.45, 7) is 0. The molecule has 0 aromatic heterocycles. The standard InChI is InChI=1S/C25H20O2/c26-24(19-12-6-2-7-13-19)22-17-16-21(18-10-4-1-5-11-18)23(22)25(27)20-14-8-3-9-15-20/h1-15,17,21,23H,16H2/t21-,23-/m1/s1. The van der Waals surface area contributed by atoms with Gasteiger partial charge in [-0.15, -0.1) is 0 Å². The molecule has 27 heavy (non-hydrogen) atoms. The van der Waals surface area contributed by atoms with Crippen LogP contribution in [0.15, 0.2) is 103 Å². The molecule has 1 aliphatic rings. The molecule has 3 aromatic rings. The Balaban J connectivity index is 1.74. The molecule has 4 rings (SSSR count). The molecule has 132 valence electrons. The molecule has 1 aliphatic carbocycles. The number of carbonyl (C=O) groups excluding carboxylic acids is 2. The maximum Gasteiger partial charge on any atom is 0.189 e. The Hall–Kier alpha value is -3.26. The van der Waals surface area contributed by atoms with Crippen molar-refractivity contribution >= 4 is 11.6 Å². The zero-order chi connectivity index (χ0) is 18.6. The van der Waals surface area contributed by atoms with E-state index in [4.69, 9.17) is 0 Å². The lowest BCUT2D eigenvalue weighted by atomic mass is 9.79. The van der Waals surface area contributed by atoms with Crippen LogP contribution in [0.4, 0.5) is 0 Å². The Morgan fingerprint density at radius 1 is 0.667 bits per heavy atom. The number of hydrogen-bond donors (Lipinski definition) is 0. The topological polar surface area (TPSA) is 34.1 Å². The van der Waals surface area contributed by atoms with Gasteiger partial charge >= 0.3 is 0 Å². The highest BCUT2D eigenvalue weighted by molar-refractivity contribution is 6.15. The van der Waals surface area contributed by atoms with E-state index in [0.29, 0.717) is 23.1 Å². The number of rotatable bonds is 5. The highest BCUT2D eigenvalue weighted by Gasteiger charge is 2.39. The number of allylic oxidation sites excluding steroid dienone is 2. The van der Waals surface area contributed by atoms with E-state index in [1.165, 1.54) is 0 Å². The Labute approximate surface area is 159 Å². The van der Waals surface area contributed by atoms with Gasteiger partial charge in [0.25, 0.3) is 0 Å². The van der Waals surface area contributed by atoms with Crippen molar-refractivity contribution in [1.82, 2.24) is 0 Å². The predicted molar refractivity (Wildman–Crippen MR) is 107 cm³/mol. The molecule has 0 heterocycles. The van der Waals surface area contributed by atoms with E-state index in [1.54, 1.807) is 0 Å². The van der Waals surface area contributed by atoms with Crippen LogP contribution in [0.25, 0.3) is 0 Å². The molecule has 2 nitrogen and oxygen atoms in total. The van der Waals surface area contributed by atoms with E-state index >= 15 is 0 Å². The first-order chi connectivity index (χ1) is 13.3. The molecule has 0 aliphatic heterocycles. The fourth-order valence-electron chi connectivity index (χ4n) is 3.86. The Morgan fingerprint density at radius 3 is 1.78 bits per heavy atom. The fraction of sp³-hybridized carbons (Fsp3) is 0.120. The molecular weight excluding hydrogens is 332 g/mol. The van der Waals surface area contributed by atoms with Crippen LogP contribution in [0, 0.1) is 5.92 Å². The van der Waals surface area contributed by atoms with Crippen molar-refractivity contribution in [3.8, 4) is 0 Å². The minimum absolute atomic E-state index is 0.0116. The van der Waals surface area contributed by atoms with Crippen LogP contribution in [0.2, 0.25) is 0 Å². The molecule has 0 spiro atoms. The Bertz CT molecular complexity index is 973. The van der Waals surface area contributed by atoms with Crippen LogP contribution in [0.1, 0.15) is 38.6 Å². The van der Waals surface area contributed by atoms with Crippen molar-refractivity contribution < 1.29 is 9.59 Å². The van der Waals surface area contributed by atoms with Gasteiger partial charge in [0.05, 0.1) is 5.92 Å². The number of ketones is 2. The van der Waals surface area contributed by atoms with Crippen LogP contribution in [0.5, 0.6) is 0 Å². The third kappa shape index (κ3) is 3.39. The van der Waals surface area contributed by atoms with Crippen molar-refractivity contribution in [3.05, 3.63) is 119 Å². The van der Waals surface area contributed by atoms with Crippen LogP contribution >= 0.6 is 0 Å². The van der Waals surface area contributed by atoms with Gasteiger partial charge in [0.1, 0.15) is 0 Å². The first kappa shape index (κ1) is 17.2. The Kier molecular flexibility index (Phi) is 4.80. The summed E-state index contributed by atoms with van der Waals surface area (Å²) in [6, 6.07) is 28.5. The molecule has 0 N–H and O–H groups in total. The smallest absolute Gasteiger partial charge is 0.189 e. The highest BCUT2D eigenvalue weighted by atomic mass is 16.1. The molecule has 0 unspecified atom stereocenters. The van der Waals surface area contributed by atoms with Crippen LogP contribution in [0.3, 0.4) is 0 Å². The maximum absolute atomic E-state index is 13.4. The second kappa shape index (κ2) is 7.55. The van der Waals surface area contributed by atoms with E-state index in [0.717, 1.165) is 5.56 Å². The Morgan fingerprint density at radius 2 is 1.19 bits per heavy atom. The second-order valence-corrected chi connectivity index (χ2v) is 6.82.